The fourth-order valence-corrected chi connectivity index (χ4v) is 2.55. The van der Waals surface area contributed by atoms with Crippen LogP contribution in [0, 0.1) is 0 Å². The molecule has 0 heteroatoms. The molecule has 0 nitrogen and oxygen atoms in total. The average Bonchev–Trinajstić information content (AvgIpc) is 2.54. The third-order valence-electron chi connectivity index (χ3n) is 4.27. The van der Waals surface area contributed by atoms with Crippen molar-refractivity contribution in [1.82, 2.24) is 0 Å². The van der Waals surface area contributed by atoms with Crippen LogP contribution in [-0.2, 0) is 5.41 Å². The molecule has 0 aliphatic rings. The summed E-state index contributed by atoms with van der Waals surface area (Å²) in [6.45, 7) is 12.2. The molecule has 0 atom stereocenters. The number of benzene rings is 2. The van der Waals surface area contributed by atoms with Crippen LogP contribution in [0.2, 0.25) is 0 Å². The predicted octanol–water partition coefficient (Wildman–Crippen LogP) is 5.69. The second-order valence-electron chi connectivity index (χ2n) is 5.34. The second-order valence-corrected chi connectivity index (χ2v) is 5.34. The molecule has 0 saturated heterocycles. The van der Waals surface area contributed by atoms with Crippen LogP contribution in [0.15, 0.2) is 61.7 Å². The standard InChI is InChI=1S/C20H22/c1-5-16-8-12-18(13-9-16)20(4,7-3)19-14-10-17(6-2)11-15-19/h5-6,8-15H,1-2,7H2,3-4H3. The zero-order valence-electron chi connectivity index (χ0n) is 12.4. The van der Waals surface area contributed by atoms with Gasteiger partial charge in [-0.05, 0) is 28.7 Å². The molecular weight excluding hydrogens is 240 g/mol. The quantitative estimate of drug-likeness (QED) is 0.649. The van der Waals surface area contributed by atoms with Gasteiger partial charge < -0.3 is 0 Å². The van der Waals surface area contributed by atoms with Gasteiger partial charge in [0, 0.05) is 5.41 Å². The first kappa shape index (κ1) is 14.3. The Kier molecular flexibility index (Phi) is 4.24. The topological polar surface area (TPSA) is 0 Å². The van der Waals surface area contributed by atoms with Gasteiger partial charge >= 0.3 is 0 Å². The average molecular weight is 262 g/mol. The van der Waals surface area contributed by atoms with Crippen LogP contribution >= 0.6 is 0 Å². The Morgan fingerprint density at radius 1 is 0.800 bits per heavy atom. The van der Waals surface area contributed by atoms with Crippen molar-refractivity contribution >= 4 is 12.2 Å². The van der Waals surface area contributed by atoms with E-state index in [1.165, 1.54) is 11.1 Å². The number of hydrogen-bond acceptors (Lipinski definition) is 0. The largest absolute Gasteiger partial charge is 0.0985 e. The lowest BCUT2D eigenvalue weighted by molar-refractivity contribution is 0.550. The van der Waals surface area contributed by atoms with Crippen molar-refractivity contribution in [3.8, 4) is 0 Å². The second kappa shape index (κ2) is 5.92. The van der Waals surface area contributed by atoms with Crippen LogP contribution in [-0.4, -0.2) is 0 Å². The SMILES string of the molecule is C=Cc1ccc(C(C)(CC)c2ccc(C=C)cc2)cc1. The molecule has 0 amide bonds. The first-order chi connectivity index (χ1) is 9.63. The highest BCUT2D eigenvalue weighted by atomic mass is 14.3. The van der Waals surface area contributed by atoms with E-state index in [0.29, 0.717) is 0 Å². The maximum absolute atomic E-state index is 3.81. The van der Waals surface area contributed by atoms with Crippen molar-refractivity contribution < 1.29 is 0 Å². The Balaban J connectivity index is 2.44. The Morgan fingerprint density at radius 3 is 1.40 bits per heavy atom. The molecule has 0 aliphatic carbocycles. The van der Waals surface area contributed by atoms with Gasteiger partial charge in [0.1, 0.15) is 0 Å². The van der Waals surface area contributed by atoms with Gasteiger partial charge in [-0.15, -0.1) is 0 Å². The highest BCUT2D eigenvalue weighted by Crippen LogP contribution is 2.35. The van der Waals surface area contributed by atoms with E-state index in [1.807, 2.05) is 12.2 Å². The fraction of sp³-hybridized carbons (Fsp3) is 0.200. The van der Waals surface area contributed by atoms with Crippen LogP contribution in [0.25, 0.3) is 12.2 Å². The maximum atomic E-state index is 3.81. The van der Waals surface area contributed by atoms with E-state index in [0.717, 1.165) is 17.5 Å². The predicted molar refractivity (Wildman–Crippen MR) is 89.8 cm³/mol. The molecule has 0 unspecified atom stereocenters. The van der Waals surface area contributed by atoms with Crippen molar-refractivity contribution in [2.75, 3.05) is 0 Å². The minimum Gasteiger partial charge on any atom is -0.0985 e. The summed E-state index contributed by atoms with van der Waals surface area (Å²) in [6.07, 6.45) is 4.83. The van der Waals surface area contributed by atoms with Crippen LogP contribution in [0.3, 0.4) is 0 Å². The summed E-state index contributed by atoms with van der Waals surface area (Å²) in [6, 6.07) is 17.4. The van der Waals surface area contributed by atoms with E-state index in [-0.39, 0.29) is 5.41 Å². The molecule has 20 heavy (non-hydrogen) atoms. The summed E-state index contributed by atoms with van der Waals surface area (Å²) >= 11 is 0. The van der Waals surface area contributed by atoms with Crippen LogP contribution in [0.1, 0.15) is 42.5 Å². The monoisotopic (exact) mass is 262 g/mol. The fourth-order valence-electron chi connectivity index (χ4n) is 2.55. The lowest BCUT2D eigenvalue weighted by Crippen LogP contribution is -2.22. The van der Waals surface area contributed by atoms with Gasteiger partial charge in [0.2, 0.25) is 0 Å². The first-order valence-electron chi connectivity index (χ1n) is 7.10. The molecule has 0 spiro atoms. The summed E-state index contributed by atoms with van der Waals surface area (Å²) in [5.41, 5.74) is 5.05. The molecule has 2 aromatic carbocycles. The van der Waals surface area contributed by atoms with Crippen LogP contribution in [0.5, 0.6) is 0 Å². The summed E-state index contributed by atoms with van der Waals surface area (Å²) in [5, 5.41) is 0. The van der Waals surface area contributed by atoms with E-state index < -0.39 is 0 Å². The number of hydrogen-bond donors (Lipinski definition) is 0. The summed E-state index contributed by atoms with van der Waals surface area (Å²) in [7, 11) is 0. The molecule has 0 aromatic heterocycles. The van der Waals surface area contributed by atoms with Crippen molar-refractivity contribution in [2.24, 2.45) is 0 Å². The molecule has 0 N–H and O–H groups in total. The first-order valence-corrected chi connectivity index (χ1v) is 7.10. The molecule has 0 fully saturated rings. The third kappa shape index (κ3) is 2.60. The Bertz CT molecular complexity index is 533. The zero-order valence-corrected chi connectivity index (χ0v) is 12.4. The van der Waals surface area contributed by atoms with Gasteiger partial charge in [-0.2, -0.15) is 0 Å². The van der Waals surface area contributed by atoms with Crippen molar-refractivity contribution in [3.05, 3.63) is 83.9 Å². The maximum Gasteiger partial charge on any atom is 0.0172 e. The van der Waals surface area contributed by atoms with Crippen molar-refractivity contribution in [3.63, 3.8) is 0 Å². The molecular formula is C20H22. The minimum absolute atomic E-state index is 0.0411. The van der Waals surface area contributed by atoms with Gasteiger partial charge in [-0.25, -0.2) is 0 Å². The third-order valence-corrected chi connectivity index (χ3v) is 4.27. The molecule has 0 heterocycles. The summed E-state index contributed by atoms with van der Waals surface area (Å²) in [5.74, 6) is 0. The molecule has 0 aliphatic heterocycles. The van der Waals surface area contributed by atoms with E-state index in [1.54, 1.807) is 0 Å². The lowest BCUT2D eigenvalue weighted by atomic mass is 9.74. The zero-order chi connectivity index (χ0) is 14.6. The van der Waals surface area contributed by atoms with Crippen molar-refractivity contribution in [1.29, 1.82) is 0 Å². The molecule has 0 radical (unpaired) electrons. The highest BCUT2D eigenvalue weighted by Gasteiger charge is 2.26. The van der Waals surface area contributed by atoms with Gasteiger partial charge in [0.05, 0.1) is 0 Å². The van der Waals surface area contributed by atoms with Crippen LogP contribution in [0.4, 0.5) is 0 Å². The van der Waals surface area contributed by atoms with E-state index >= 15 is 0 Å². The van der Waals surface area contributed by atoms with Crippen molar-refractivity contribution in [2.45, 2.75) is 25.7 Å². The number of rotatable bonds is 5. The highest BCUT2D eigenvalue weighted by molar-refractivity contribution is 5.51. The smallest absolute Gasteiger partial charge is 0.0172 e. The van der Waals surface area contributed by atoms with E-state index in [2.05, 4.69) is 75.5 Å². The molecule has 102 valence electrons. The summed E-state index contributed by atoms with van der Waals surface area (Å²) < 4.78 is 0. The van der Waals surface area contributed by atoms with E-state index in [4.69, 9.17) is 0 Å². The van der Waals surface area contributed by atoms with Crippen LogP contribution < -0.4 is 0 Å². The molecule has 0 bridgehead atoms. The van der Waals surface area contributed by atoms with Gasteiger partial charge in [-0.3, -0.25) is 0 Å². The Hall–Kier alpha value is -2.08. The lowest BCUT2D eigenvalue weighted by Gasteiger charge is -2.30. The van der Waals surface area contributed by atoms with Gasteiger partial charge in [-0.1, -0.05) is 87.7 Å². The Labute approximate surface area is 122 Å². The summed E-state index contributed by atoms with van der Waals surface area (Å²) in [4.78, 5) is 0. The molecule has 2 aromatic rings. The van der Waals surface area contributed by atoms with Gasteiger partial charge in [0.15, 0.2) is 0 Å². The molecule has 2 rings (SSSR count). The van der Waals surface area contributed by atoms with Gasteiger partial charge in [0.25, 0.3) is 0 Å². The van der Waals surface area contributed by atoms with E-state index in [9.17, 15) is 0 Å². The molecule has 0 saturated carbocycles. The normalized spacial score (nSPS) is 11.1. The minimum atomic E-state index is 0.0411. The Morgan fingerprint density at radius 2 is 1.15 bits per heavy atom.